The van der Waals surface area contributed by atoms with Gasteiger partial charge in [0.05, 0.1) is 5.69 Å². The first kappa shape index (κ1) is 19.2. The van der Waals surface area contributed by atoms with Crippen molar-refractivity contribution < 1.29 is 0 Å². The number of fused-ring (bicyclic) bond motifs is 1. The fraction of sp³-hybridized carbons (Fsp3) is 0.632. The van der Waals surface area contributed by atoms with E-state index in [1.807, 2.05) is 6.20 Å². The standard InChI is InChI=1S/C19H30N4O2/c1-6-9-11-23(12-10-7-2)16-14(8-3)13-20-17-15(16)18(24)22(5)19(25)21(17)4/h13H,6-12H2,1-5H3. The molecule has 0 aliphatic heterocycles. The van der Waals surface area contributed by atoms with Gasteiger partial charge in [-0.1, -0.05) is 33.6 Å². The van der Waals surface area contributed by atoms with Crippen molar-refractivity contribution in [1.82, 2.24) is 14.1 Å². The van der Waals surface area contributed by atoms with E-state index >= 15 is 0 Å². The van der Waals surface area contributed by atoms with Crippen LogP contribution in [-0.2, 0) is 20.5 Å². The fourth-order valence-electron chi connectivity index (χ4n) is 3.21. The second kappa shape index (κ2) is 8.32. The van der Waals surface area contributed by atoms with Crippen molar-refractivity contribution in [1.29, 1.82) is 0 Å². The van der Waals surface area contributed by atoms with Gasteiger partial charge in [0.2, 0.25) is 0 Å². The third-order valence-electron chi connectivity index (χ3n) is 4.78. The number of nitrogens with zero attached hydrogens (tertiary/aromatic N) is 4. The van der Waals surface area contributed by atoms with Crippen LogP contribution in [0.3, 0.4) is 0 Å². The van der Waals surface area contributed by atoms with Crippen LogP contribution in [0.25, 0.3) is 11.0 Å². The third-order valence-corrected chi connectivity index (χ3v) is 4.78. The van der Waals surface area contributed by atoms with Crippen LogP contribution < -0.4 is 16.1 Å². The highest BCUT2D eigenvalue weighted by molar-refractivity contribution is 5.90. The lowest BCUT2D eigenvalue weighted by Gasteiger charge is -2.28. The van der Waals surface area contributed by atoms with Crippen LogP contribution in [0.1, 0.15) is 52.0 Å². The zero-order chi connectivity index (χ0) is 18.6. The first-order chi connectivity index (χ1) is 12.0. The first-order valence-corrected chi connectivity index (χ1v) is 9.30. The Balaban J connectivity index is 2.82. The molecule has 0 bridgehead atoms. The van der Waals surface area contributed by atoms with Crippen LogP contribution in [0.15, 0.2) is 15.8 Å². The maximum atomic E-state index is 12.9. The highest BCUT2D eigenvalue weighted by Gasteiger charge is 2.20. The fourth-order valence-corrected chi connectivity index (χ4v) is 3.21. The average Bonchev–Trinajstić information content (AvgIpc) is 2.63. The van der Waals surface area contributed by atoms with Gasteiger partial charge in [0.25, 0.3) is 5.56 Å². The van der Waals surface area contributed by atoms with Crippen LogP contribution >= 0.6 is 0 Å². The molecule has 6 nitrogen and oxygen atoms in total. The molecule has 0 saturated heterocycles. The van der Waals surface area contributed by atoms with Gasteiger partial charge in [-0.2, -0.15) is 0 Å². The molecular weight excluding hydrogens is 316 g/mol. The van der Waals surface area contributed by atoms with E-state index in [9.17, 15) is 9.59 Å². The number of hydrogen-bond acceptors (Lipinski definition) is 4. The third kappa shape index (κ3) is 3.62. The molecule has 0 spiro atoms. The Morgan fingerprint density at radius 1 is 1.00 bits per heavy atom. The van der Waals surface area contributed by atoms with Crippen molar-refractivity contribution in [2.75, 3.05) is 18.0 Å². The summed E-state index contributed by atoms with van der Waals surface area (Å²) < 4.78 is 2.66. The van der Waals surface area contributed by atoms with Gasteiger partial charge >= 0.3 is 5.69 Å². The summed E-state index contributed by atoms with van der Waals surface area (Å²) in [5.74, 6) is 0. The van der Waals surface area contributed by atoms with E-state index in [1.54, 1.807) is 7.05 Å². The lowest BCUT2D eigenvalue weighted by atomic mass is 10.1. The second-order valence-corrected chi connectivity index (χ2v) is 6.58. The van der Waals surface area contributed by atoms with Crippen molar-refractivity contribution in [2.24, 2.45) is 14.1 Å². The van der Waals surface area contributed by atoms with E-state index in [0.29, 0.717) is 11.0 Å². The molecule has 0 aliphatic carbocycles. The van der Waals surface area contributed by atoms with Crippen LogP contribution in [0.2, 0.25) is 0 Å². The SMILES string of the molecule is CCCCN(CCCC)c1c(CC)cnc2c1c(=O)n(C)c(=O)n2C. The van der Waals surface area contributed by atoms with Gasteiger partial charge in [-0.25, -0.2) is 9.78 Å². The molecule has 0 radical (unpaired) electrons. The van der Waals surface area contributed by atoms with Crippen LogP contribution in [0.4, 0.5) is 5.69 Å². The molecule has 0 fully saturated rings. The van der Waals surface area contributed by atoms with E-state index in [-0.39, 0.29) is 11.2 Å². The Kier molecular flexibility index (Phi) is 6.39. The predicted molar refractivity (Wildman–Crippen MR) is 104 cm³/mol. The van der Waals surface area contributed by atoms with E-state index in [1.165, 1.54) is 16.2 Å². The van der Waals surface area contributed by atoms with Crippen LogP contribution in [0, 0.1) is 0 Å². The Morgan fingerprint density at radius 2 is 1.60 bits per heavy atom. The number of rotatable bonds is 8. The van der Waals surface area contributed by atoms with Gasteiger partial charge < -0.3 is 4.90 Å². The molecule has 0 saturated carbocycles. The molecule has 0 aliphatic rings. The minimum Gasteiger partial charge on any atom is -0.371 e. The number of anilines is 1. The molecule has 2 heterocycles. The van der Waals surface area contributed by atoms with Gasteiger partial charge in [0.15, 0.2) is 5.65 Å². The summed E-state index contributed by atoms with van der Waals surface area (Å²) in [6.07, 6.45) is 6.97. The maximum Gasteiger partial charge on any atom is 0.332 e. The van der Waals surface area contributed by atoms with Crippen molar-refractivity contribution in [3.63, 3.8) is 0 Å². The number of aryl methyl sites for hydroxylation is 2. The predicted octanol–water partition coefficient (Wildman–Crippen LogP) is 2.60. The zero-order valence-electron chi connectivity index (χ0n) is 16.1. The van der Waals surface area contributed by atoms with E-state index in [2.05, 4.69) is 30.7 Å². The highest BCUT2D eigenvalue weighted by Crippen LogP contribution is 2.28. The smallest absolute Gasteiger partial charge is 0.332 e. The summed E-state index contributed by atoms with van der Waals surface area (Å²) in [6, 6.07) is 0. The summed E-state index contributed by atoms with van der Waals surface area (Å²) in [5, 5.41) is 0.566. The van der Waals surface area contributed by atoms with Crippen molar-refractivity contribution in [2.45, 2.75) is 52.9 Å². The van der Waals surface area contributed by atoms with Crippen molar-refractivity contribution >= 4 is 16.7 Å². The second-order valence-electron chi connectivity index (χ2n) is 6.58. The molecule has 2 aromatic rings. The van der Waals surface area contributed by atoms with E-state index in [0.717, 1.165) is 56.4 Å². The highest BCUT2D eigenvalue weighted by atomic mass is 16.2. The monoisotopic (exact) mass is 346 g/mol. The largest absolute Gasteiger partial charge is 0.371 e. The quantitative estimate of drug-likeness (QED) is 0.737. The summed E-state index contributed by atoms with van der Waals surface area (Å²) in [5.41, 5.74) is 1.90. The first-order valence-electron chi connectivity index (χ1n) is 9.30. The molecule has 0 N–H and O–H groups in total. The van der Waals surface area contributed by atoms with Crippen molar-refractivity contribution in [3.8, 4) is 0 Å². The number of unbranched alkanes of at least 4 members (excludes halogenated alkanes) is 2. The van der Waals surface area contributed by atoms with Gasteiger partial charge in [-0.15, -0.1) is 0 Å². The minimum absolute atomic E-state index is 0.256. The molecule has 0 aromatic carbocycles. The molecule has 2 rings (SSSR count). The normalized spacial score (nSPS) is 11.2. The summed E-state index contributed by atoms with van der Waals surface area (Å²) in [6.45, 7) is 8.25. The van der Waals surface area contributed by atoms with Crippen LogP contribution in [0.5, 0.6) is 0 Å². The molecule has 0 amide bonds. The Labute approximate surface area is 149 Å². The topological polar surface area (TPSA) is 60.1 Å². The number of aromatic nitrogens is 3. The Hall–Kier alpha value is -2.11. The molecule has 25 heavy (non-hydrogen) atoms. The van der Waals surface area contributed by atoms with Crippen LogP contribution in [-0.4, -0.2) is 27.2 Å². The maximum absolute atomic E-state index is 12.9. The summed E-state index contributed by atoms with van der Waals surface area (Å²) in [7, 11) is 3.21. The van der Waals surface area contributed by atoms with Crippen molar-refractivity contribution in [3.05, 3.63) is 32.6 Å². The van der Waals surface area contributed by atoms with Gasteiger partial charge in [-0.05, 0) is 24.8 Å². The molecular formula is C19H30N4O2. The molecule has 2 aromatic heterocycles. The summed E-state index contributed by atoms with van der Waals surface area (Å²) in [4.78, 5) is 31.9. The number of hydrogen-bond donors (Lipinski definition) is 0. The Bertz CT molecular complexity index is 843. The average molecular weight is 346 g/mol. The van der Waals surface area contributed by atoms with Gasteiger partial charge in [-0.3, -0.25) is 13.9 Å². The van der Waals surface area contributed by atoms with Gasteiger partial charge in [0.1, 0.15) is 5.39 Å². The zero-order valence-corrected chi connectivity index (χ0v) is 16.1. The lowest BCUT2D eigenvalue weighted by molar-refractivity contribution is 0.673. The molecule has 138 valence electrons. The molecule has 0 atom stereocenters. The summed E-state index contributed by atoms with van der Waals surface area (Å²) >= 11 is 0. The number of pyridine rings is 1. The van der Waals surface area contributed by atoms with E-state index in [4.69, 9.17) is 0 Å². The van der Waals surface area contributed by atoms with E-state index < -0.39 is 0 Å². The lowest BCUT2D eigenvalue weighted by Crippen LogP contribution is -2.39. The Morgan fingerprint density at radius 3 is 2.12 bits per heavy atom. The minimum atomic E-state index is -0.339. The van der Waals surface area contributed by atoms with Gasteiger partial charge in [0, 0.05) is 33.4 Å². The molecule has 0 unspecified atom stereocenters. The molecule has 6 heteroatoms.